The second-order valence-corrected chi connectivity index (χ2v) is 7.21. The molecule has 1 N–H and O–H groups in total. The third-order valence-electron chi connectivity index (χ3n) is 4.84. The molecule has 0 aliphatic carbocycles. The third-order valence-corrected chi connectivity index (χ3v) is 5.16. The standard InChI is InChI=1S/C18H26ClN5O/c1-3-4-7-15-21-14(17(19)22-15)12-24-9-5-6-13(11-24)16(25)18-20-8-10-23(18)2/h8,10,13H,3-7,9,11-12H2,1-2H3,(H,21,22). The van der Waals surface area contributed by atoms with E-state index in [1.807, 2.05) is 13.2 Å². The SMILES string of the molecule is CCCCc1nc(Cl)c(CN2CCCC(C(=O)c3nccn3C)C2)[nH]1. The molecule has 3 rings (SSSR count). The molecule has 1 saturated heterocycles. The Morgan fingerprint density at radius 2 is 2.32 bits per heavy atom. The largest absolute Gasteiger partial charge is 0.344 e. The summed E-state index contributed by atoms with van der Waals surface area (Å²) in [5.74, 6) is 1.64. The highest BCUT2D eigenvalue weighted by Crippen LogP contribution is 2.23. The molecule has 2 aromatic heterocycles. The van der Waals surface area contributed by atoms with Crippen molar-refractivity contribution in [2.45, 2.75) is 45.6 Å². The first-order valence-corrected chi connectivity index (χ1v) is 9.43. The van der Waals surface area contributed by atoms with Crippen molar-refractivity contribution >= 4 is 17.4 Å². The van der Waals surface area contributed by atoms with E-state index in [1.165, 1.54) is 0 Å². The summed E-state index contributed by atoms with van der Waals surface area (Å²) >= 11 is 6.29. The Labute approximate surface area is 153 Å². The Kier molecular flexibility index (Phi) is 5.91. The molecule has 0 aromatic carbocycles. The maximum absolute atomic E-state index is 12.7. The molecule has 7 heteroatoms. The number of aromatic nitrogens is 4. The molecule has 3 heterocycles. The van der Waals surface area contributed by atoms with Crippen molar-refractivity contribution in [3.05, 3.63) is 34.9 Å². The lowest BCUT2D eigenvalue weighted by molar-refractivity contribution is 0.0796. The first-order valence-electron chi connectivity index (χ1n) is 9.05. The van der Waals surface area contributed by atoms with E-state index in [4.69, 9.17) is 11.6 Å². The van der Waals surface area contributed by atoms with Crippen LogP contribution >= 0.6 is 11.6 Å². The summed E-state index contributed by atoms with van der Waals surface area (Å²) in [5, 5.41) is 0.559. The summed E-state index contributed by atoms with van der Waals surface area (Å²) in [4.78, 5) is 27.0. The smallest absolute Gasteiger partial charge is 0.202 e. The van der Waals surface area contributed by atoms with Gasteiger partial charge in [0, 0.05) is 44.9 Å². The van der Waals surface area contributed by atoms with Crippen molar-refractivity contribution in [3.63, 3.8) is 0 Å². The molecular formula is C18H26ClN5O. The number of aryl methyl sites for hydroxylation is 2. The van der Waals surface area contributed by atoms with Crippen LogP contribution in [0, 0.1) is 5.92 Å². The first kappa shape index (κ1) is 18.1. The molecule has 1 atom stereocenters. The molecule has 1 unspecified atom stereocenters. The molecule has 0 radical (unpaired) electrons. The fourth-order valence-corrected chi connectivity index (χ4v) is 3.64. The monoisotopic (exact) mass is 363 g/mol. The molecule has 1 aliphatic rings. The predicted molar refractivity (Wildman–Crippen MR) is 97.7 cm³/mol. The number of piperidine rings is 1. The Bertz CT molecular complexity index is 723. The van der Waals surface area contributed by atoms with Gasteiger partial charge in [-0.3, -0.25) is 9.69 Å². The van der Waals surface area contributed by atoms with Crippen molar-refractivity contribution in [2.24, 2.45) is 13.0 Å². The highest BCUT2D eigenvalue weighted by molar-refractivity contribution is 6.30. The third kappa shape index (κ3) is 4.30. The predicted octanol–water partition coefficient (Wildman–Crippen LogP) is 3.23. The minimum atomic E-state index is -0.00360. The van der Waals surface area contributed by atoms with Gasteiger partial charge < -0.3 is 9.55 Å². The Morgan fingerprint density at radius 1 is 1.48 bits per heavy atom. The number of imidazole rings is 2. The molecular weight excluding hydrogens is 338 g/mol. The molecule has 25 heavy (non-hydrogen) atoms. The van der Waals surface area contributed by atoms with E-state index in [0.29, 0.717) is 17.5 Å². The number of likely N-dealkylation sites (tertiary alicyclic amines) is 1. The van der Waals surface area contributed by atoms with Gasteiger partial charge in [-0.05, 0) is 25.8 Å². The number of nitrogens with one attached hydrogen (secondary N) is 1. The van der Waals surface area contributed by atoms with E-state index >= 15 is 0 Å². The number of ketones is 1. The van der Waals surface area contributed by atoms with Crippen LogP contribution in [0.3, 0.4) is 0 Å². The number of halogens is 1. The second-order valence-electron chi connectivity index (χ2n) is 6.86. The quantitative estimate of drug-likeness (QED) is 0.767. The van der Waals surface area contributed by atoms with Gasteiger partial charge in [0.15, 0.2) is 11.0 Å². The summed E-state index contributed by atoms with van der Waals surface area (Å²) in [7, 11) is 1.86. The maximum atomic E-state index is 12.7. The molecule has 136 valence electrons. The van der Waals surface area contributed by atoms with Crippen LogP contribution in [0.1, 0.15) is 54.7 Å². The topological polar surface area (TPSA) is 66.8 Å². The summed E-state index contributed by atoms with van der Waals surface area (Å²) in [6, 6.07) is 0. The van der Waals surface area contributed by atoms with Gasteiger partial charge in [-0.25, -0.2) is 9.97 Å². The van der Waals surface area contributed by atoms with E-state index in [1.54, 1.807) is 10.8 Å². The minimum absolute atomic E-state index is 0.00360. The van der Waals surface area contributed by atoms with Crippen LogP contribution in [0.15, 0.2) is 12.4 Å². The fourth-order valence-electron chi connectivity index (χ4n) is 3.43. The number of aromatic amines is 1. The Morgan fingerprint density at radius 3 is 3.04 bits per heavy atom. The lowest BCUT2D eigenvalue weighted by Gasteiger charge is -2.31. The number of rotatable bonds is 7. The van der Waals surface area contributed by atoms with E-state index in [0.717, 1.165) is 56.7 Å². The van der Waals surface area contributed by atoms with Crippen molar-refractivity contribution < 1.29 is 4.79 Å². The highest BCUT2D eigenvalue weighted by Gasteiger charge is 2.29. The van der Waals surface area contributed by atoms with Crippen molar-refractivity contribution in [3.8, 4) is 0 Å². The van der Waals surface area contributed by atoms with Crippen LogP contribution < -0.4 is 0 Å². The van der Waals surface area contributed by atoms with E-state index in [9.17, 15) is 4.79 Å². The van der Waals surface area contributed by atoms with E-state index in [-0.39, 0.29) is 11.7 Å². The van der Waals surface area contributed by atoms with Crippen LogP contribution in [0.5, 0.6) is 0 Å². The van der Waals surface area contributed by atoms with E-state index in [2.05, 4.69) is 26.8 Å². The minimum Gasteiger partial charge on any atom is -0.344 e. The summed E-state index contributed by atoms with van der Waals surface area (Å²) in [6.45, 7) is 4.59. The van der Waals surface area contributed by atoms with Crippen LogP contribution in [0.2, 0.25) is 5.15 Å². The first-order chi connectivity index (χ1) is 12.1. The lowest BCUT2D eigenvalue weighted by Crippen LogP contribution is -2.39. The number of carbonyl (C=O) groups is 1. The van der Waals surface area contributed by atoms with E-state index < -0.39 is 0 Å². The molecule has 1 fully saturated rings. The number of Topliss-reactive ketones (excluding diaryl/α,β-unsaturated/α-hetero) is 1. The van der Waals surface area contributed by atoms with Gasteiger partial charge in [-0.1, -0.05) is 24.9 Å². The number of H-pyrrole nitrogens is 1. The Balaban J connectivity index is 1.63. The van der Waals surface area contributed by atoms with Crippen molar-refractivity contribution in [2.75, 3.05) is 13.1 Å². The van der Waals surface area contributed by atoms with Crippen molar-refractivity contribution in [1.82, 2.24) is 24.4 Å². The van der Waals surface area contributed by atoms with Gasteiger partial charge >= 0.3 is 0 Å². The molecule has 0 spiro atoms. The van der Waals surface area contributed by atoms with Gasteiger partial charge in [-0.2, -0.15) is 0 Å². The van der Waals surface area contributed by atoms with Crippen LogP contribution in [-0.4, -0.2) is 43.3 Å². The van der Waals surface area contributed by atoms with Crippen LogP contribution in [0.4, 0.5) is 0 Å². The summed E-state index contributed by atoms with van der Waals surface area (Å²) in [5.41, 5.74) is 0.956. The molecule has 0 saturated carbocycles. The zero-order valence-electron chi connectivity index (χ0n) is 15.0. The van der Waals surface area contributed by atoms with Gasteiger partial charge in [0.2, 0.25) is 5.78 Å². The maximum Gasteiger partial charge on any atom is 0.202 e. The summed E-state index contributed by atoms with van der Waals surface area (Å²) in [6.07, 6.45) is 8.59. The number of hydrogen-bond donors (Lipinski definition) is 1. The average molecular weight is 364 g/mol. The second kappa shape index (κ2) is 8.15. The zero-order chi connectivity index (χ0) is 17.8. The summed E-state index contributed by atoms with van der Waals surface area (Å²) < 4.78 is 1.80. The zero-order valence-corrected chi connectivity index (χ0v) is 15.7. The fraction of sp³-hybridized carbons (Fsp3) is 0.611. The molecule has 6 nitrogen and oxygen atoms in total. The molecule has 1 aliphatic heterocycles. The number of unbranched alkanes of at least 4 members (excludes halogenated alkanes) is 1. The number of carbonyl (C=O) groups excluding carboxylic acids is 1. The molecule has 0 amide bonds. The van der Waals surface area contributed by atoms with Gasteiger partial charge in [0.05, 0.1) is 5.69 Å². The van der Waals surface area contributed by atoms with Gasteiger partial charge in [0.25, 0.3) is 0 Å². The molecule has 0 bridgehead atoms. The number of hydrogen-bond acceptors (Lipinski definition) is 4. The van der Waals surface area contributed by atoms with Crippen LogP contribution in [-0.2, 0) is 20.0 Å². The highest BCUT2D eigenvalue weighted by atomic mass is 35.5. The Hall–Kier alpha value is -1.66. The van der Waals surface area contributed by atoms with Crippen molar-refractivity contribution in [1.29, 1.82) is 0 Å². The number of nitrogens with zero attached hydrogens (tertiary/aromatic N) is 4. The van der Waals surface area contributed by atoms with Gasteiger partial charge in [0.1, 0.15) is 5.82 Å². The molecule has 2 aromatic rings. The lowest BCUT2D eigenvalue weighted by atomic mass is 9.93. The average Bonchev–Trinajstić information content (AvgIpc) is 3.18. The normalized spacial score (nSPS) is 18.6. The van der Waals surface area contributed by atoms with Crippen LogP contribution in [0.25, 0.3) is 0 Å². The van der Waals surface area contributed by atoms with Gasteiger partial charge in [-0.15, -0.1) is 0 Å².